The van der Waals surface area contributed by atoms with Crippen LogP contribution in [0, 0.1) is 0 Å². The van der Waals surface area contributed by atoms with Crippen LogP contribution in [-0.4, -0.2) is 29.5 Å². The van der Waals surface area contributed by atoms with Gasteiger partial charge in [-0.05, 0) is 12.1 Å². The molecule has 4 nitrogen and oxygen atoms in total. The van der Waals surface area contributed by atoms with Crippen molar-refractivity contribution in [3.63, 3.8) is 0 Å². The predicted molar refractivity (Wildman–Crippen MR) is 51.1 cm³/mol. The Labute approximate surface area is 77.2 Å². The van der Waals surface area contributed by atoms with Gasteiger partial charge >= 0.3 is 0 Å². The van der Waals surface area contributed by atoms with Gasteiger partial charge in [0, 0.05) is 0 Å². The fourth-order valence-corrected chi connectivity index (χ4v) is 1.01. The molecule has 0 amide bonds. The third-order valence-electron chi connectivity index (χ3n) is 1.71. The Morgan fingerprint density at radius 1 is 1.31 bits per heavy atom. The van der Waals surface area contributed by atoms with Crippen LogP contribution in [0.4, 0.5) is 5.69 Å². The summed E-state index contributed by atoms with van der Waals surface area (Å²) < 4.78 is 0. The van der Waals surface area contributed by atoms with Crippen LogP contribution >= 0.6 is 0 Å². The average Bonchev–Trinajstić information content (AvgIpc) is 2.19. The van der Waals surface area contributed by atoms with E-state index in [2.05, 4.69) is 0 Å². The van der Waals surface area contributed by atoms with Gasteiger partial charge in [-0.25, -0.2) is 5.84 Å². The molecule has 1 aromatic rings. The maximum Gasteiger partial charge on any atom is 0.0960 e. The lowest BCUT2D eigenvalue weighted by Crippen LogP contribution is -2.39. The number of hydrazine groups is 1. The molecule has 0 heterocycles. The van der Waals surface area contributed by atoms with Gasteiger partial charge < -0.3 is 15.2 Å². The molecule has 0 aliphatic carbocycles. The zero-order valence-corrected chi connectivity index (χ0v) is 7.30. The van der Waals surface area contributed by atoms with Crippen molar-refractivity contribution >= 4 is 5.69 Å². The zero-order chi connectivity index (χ0) is 9.68. The van der Waals surface area contributed by atoms with E-state index in [-0.39, 0.29) is 13.2 Å². The topological polar surface area (TPSA) is 69.7 Å². The van der Waals surface area contributed by atoms with Gasteiger partial charge in [0.1, 0.15) is 0 Å². The first-order valence-electron chi connectivity index (χ1n) is 4.10. The van der Waals surface area contributed by atoms with E-state index >= 15 is 0 Å². The van der Waals surface area contributed by atoms with Gasteiger partial charge in [0.05, 0.1) is 24.9 Å². The molecule has 0 fully saturated rings. The fourth-order valence-electron chi connectivity index (χ4n) is 1.01. The Balaban J connectivity index is 2.53. The highest BCUT2D eigenvalue weighted by atomic mass is 16.3. The first kappa shape index (κ1) is 9.98. The summed E-state index contributed by atoms with van der Waals surface area (Å²) in [7, 11) is 0. The van der Waals surface area contributed by atoms with Crippen molar-refractivity contribution in [2.45, 2.75) is 6.10 Å². The minimum atomic E-state index is -0.801. The van der Waals surface area contributed by atoms with Crippen molar-refractivity contribution in [2.75, 3.05) is 18.2 Å². The maximum atomic E-state index is 9.12. The van der Waals surface area contributed by atoms with E-state index < -0.39 is 6.10 Å². The van der Waals surface area contributed by atoms with Crippen LogP contribution in [0.1, 0.15) is 0 Å². The normalized spacial score (nSPS) is 12.5. The summed E-state index contributed by atoms with van der Waals surface area (Å²) in [5, 5.41) is 19.1. The van der Waals surface area contributed by atoms with Crippen LogP contribution in [0.15, 0.2) is 30.3 Å². The highest BCUT2D eigenvalue weighted by Crippen LogP contribution is 2.08. The molecule has 0 bridgehead atoms. The standard InChI is InChI=1S/C9H14N2O2/c10-11(6-9(13)7-12)8-4-2-1-3-5-8/h1-5,9,12-13H,6-7,10H2/t9-/m1/s1. The average molecular weight is 182 g/mol. The molecule has 4 N–H and O–H groups in total. The number of nitrogens with two attached hydrogens (primary N) is 1. The zero-order valence-electron chi connectivity index (χ0n) is 7.30. The number of hydrogen-bond donors (Lipinski definition) is 3. The third kappa shape index (κ3) is 3.02. The number of hydrogen-bond acceptors (Lipinski definition) is 4. The molecule has 1 aromatic carbocycles. The summed E-state index contributed by atoms with van der Waals surface area (Å²) in [6, 6.07) is 9.29. The van der Waals surface area contributed by atoms with Crippen LogP contribution in [0.2, 0.25) is 0 Å². The number of benzene rings is 1. The first-order chi connectivity index (χ1) is 6.24. The van der Waals surface area contributed by atoms with Gasteiger partial charge in [0.2, 0.25) is 0 Å². The van der Waals surface area contributed by atoms with Crippen LogP contribution in [0.25, 0.3) is 0 Å². The number of aliphatic hydroxyl groups is 2. The monoisotopic (exact) mass is 182 g/mol. The number of rotatable bonds is 4. The second kappa shape index (κ2) is 4.81. The lowest BCUT2D eigenvalue weighted by Gasteiger charge is -2.20. The molecular weight excluding hydrogens is 168 g/mol. The highest BCUT2D eigenvalue weighted by Gasteiger charge is 2.07. The number of aliphatic hydroxyl groups excluding tert-OH is 2. The maximum absolute atomic E-state index is 9.12. The van der Waals surface area contributed by atoms with Gasteiger partial charge in [0.15, 0.2) is 0 Å². The van der Waals surface area contributed by atoms with Crippen LogP contribution in [0.5, 0.6) is 0 Å². The summed E-state index contributed by atoms with van der Waals surface area (Å²) in [4.78, 5) is 0. The Bertz CT molecular complexity index is 241. The Morgan fingerprint density at radius 3 is 2.46 bits per heavy atom. The van der Waals surface area contributed by atoms with Crippen LogP contribution < -0.4 is 10.9 Å². The largest absolute Gasteiger partial charge is 0.394 e. The summed E-state index contributed by atoms with van der Waals surface area (Å²) >= 11 is 0. The van der Waals surface area contributed by atoms with E-state index in [9.17, 15) is 0 Å². The molecule has 1 atom stereocenters. The van der Waals surface area contributed by atoms with Gasteiger partial charge in [-0.2, -0.15) is 0 Å². The van der Waals surface area contributed by atoms with Gasteiger partial charge in [-0.1, -0.05) is 18.2 Å². The SMILES string of the molecule is NN(C[C@@H](O)CO)c1ccccc1. The molecule has 0 radical (unpaired) electrons. The molecule has 0 aliphatic rings. The van der Waals surface area contributed by atoms with E-state index in [4.69, 9.17) is 16.1 Å². The summed E-state index contributed by atoms with van der Waals surface area (Å²) in [5.41, 5.74) is 0.815. The number of nitrogens with zero attached hydrogens (tertiary/aromatic N) is 1. The van der Waals surface area contributed by atoms with Gasteiger partial charge in [-0.3, -0.25) is 0 Å². The van der Waals surface area contributed by atoms with E-state index in [1.165, 1.54) is 5.01 Å². The quantitative estimate of drug-likeness (QED) is 0.442. The highest BCUT2D eigenvalue weighted by molar-refractivity contribution is 5.44. The van der Waals surface area contributed by atoms with Crippen molar-refractivity contribution < 1.29 is 10.2 Å². The van der Waals surface area contributed by atoms with E-state index in [0.717, 1.165) is 5.69 Å². The molecule has 1 rings (SSSR count). The molecule has 0 saturated carbocycles. The van der Waals surface area contributed by atoms with E-state index in [1.54, 1.807) is 0 Å². The minimum absolute atomic E-state index is 0.223. The fraction of sp³-hybridized carbons (Fsp3) is 0.333. The molecule has 0 aliphatic heterocycles. The summed E-state index contributed by atoms with van der Waals surface area (Å²) in [5.74, 6) is 5.63. The molecule has 4 heteroatoms. The Morgan fingerprint density at radius 2 is 1.92 bits per heavy atom. The molecule has 0 aromatic heterocycles. The molecule has 0 saturated heterocycles. The number of para-hydroxylation sites is 1. The second-order valence-corrected chi connectivity index (χ2v) is 2.82. The Hall–Kier alpha value is -1.10. The van der Waals surface area contributed by atoms with Crippen molar-refractivity contribution in [1.29, 1.82) is 0 Å². The summed E-state index contributed by atoms with van der Waals surface area (Å²) in [6.07, 6.45) is -0.801. The summed E-state index contributed by atoms with van der Waals surface area (Å²) in [6.45, 7) is -0.0545. The van der Waals surface area contributed by atoms with Gasteiger partial charge in [-0.15, -0.1) is 0 Å². The number of anilines is 1. The lowest BCUT2D eigenvalue weighted by molar-refractivity contribution is 0.0999. The molecule has 72 valence electrons. The smallest absolute Gasteiger partial charge is 0.0960 e. The van der Waals surface area contributed by atoms with Crippen LogP contribution in [0.3, 0.4) is 0 Å². The third-order valence-corrected chi connectivity index (χ3v) is 1.71. The first-order valence-corrected chi connectivity index (χ1v) is 4.10. The van der Waals surface area contributed by atoms with Crippen LogP contribution in [-0.2, 0) is 0 Å². The predicted octanol–water partition coefficient (Wildman–Crippen LogP) is -0.280. The van der Waals surface area contributed by atoms with E-state index in [1.807, 2.05) is 30.3 Å². The molecule has 0 unspecified atom stereocenters. The molecule has 0 spiro atoms. The minimum Gasteiger partial charge on any atom is -0.394 e. The molecule has 13 heavy (non-hydrogen) atoms. The second-order valence-electron chi connectivity index (χ2n) is 2.82. The Kier molecular flexibility index (Phi) is 3.70. The lowest BCUT2D eigenvalue weighted by atomic mass is 10.3. The van der Waals surface area contributed by atoms with E-state index in [0.29, 0.717) is 0 Å². The van der Waals surface area contributed by atoms with Crippen molar-refractivity contribution in [3.8, 4) is 0 Å². The van der Waals surface area contributed by atoms with Crippen molar-refractivity contribution in [3.05, 3.63) is 30.3 Å². The van der Waals surface area contributed by atoms with Gasteiger partial charge in [0.25, 0.3) is 0 Å². The van der Waals surface area contributed by atoms with Crippen molar-refractivity contribution in [2.24, 2.45) is 5.84 Å². The van der Waals surface area contributed by atoms with Crippen molar-refractivity contribution in [1.82, 2.24) is 0 Å². The molecular formula is C9H14N2O2.